The van der Waals surface area contributed by atoms with Crippen LogP contribution in [0, 0.1) is 11.8 Å². The van der Waals surface area contributed by atoms with E-state index in [9.17, 15) is 4.79 Å². The molecule has 29 heavy (non-hydrogen) atoms. The van der Waals surface area contributed by atoms with Gasteiger partial charge in [0, 0.05) is 18.8 Å². The number of hydrogen-bond donors (Lipinski definition) is 1. The zero-order valence-corrected chi connectivity index (χ0v) is 18.4. The Hall–Kier alpha value is -1.59. The van der Waals surface area contributed by atoms with Crippen LogP contribution in [-0.4, -0.2) is 49.3 Å². The predicted molar refractivity (Wildman–Crippen MR) is 117 cm³/mol. The molecule has 5 heteroatoms. The molecular formula is C24H38N2O3. The number of nitrogens with zero attached hydrogens (tertiary/aromatic N) is 1. The van der Waals surface area contributed by atoms with Crippen LogP contribution >= 0.6 is 0 Å². The highest BCUT2D eigenvalue weighted by Gasteiger charge is 2.48. The second kappa shape index (κ2) is 10.4. The van der Waals surface area contributed by atoms with Gasteiger partial charge in [-0.1, -0.05) is 13.8 Å². The maximum absolute atomic E-state index is 12.8. The molecule has 1 aliphatic heterocycles. The molecular weight excluding hydrogens is 364 g/mol. The third-order valence-electron chi connectivity index (χ3n) is 6.29. The normalized spacial score (nSPS) is 20.2. The molecule has 3 rings (SSSR count). The van der Waals surface area contributed by atoms with E-state index in [0.717, 1.165) is 56.2 Å². The van der Waals surface area contributed by atoms with Crippen LogP contribution in [0.25, 0.3) is 0 Å². The molecule has 1 aromatic rings. The van der Waals surface area contributed by atoms with Crippen molar-refractivity contribution < 1.29 is 14.3 Å². The van der Waals surface area contributed by atoms with Crippen LogP contribution in [0.5, 0.6) is 5.75 Å². The topological polar surface area (TPSA) is 50.8 Å². The van der Waals surface area contributed by atoms with Gasteiger partial charge in [0.1, 0.15) is 11.4 Å². The summed E-state index contributed by atoms with van der Waals surface area (Å²) in [6.07, 6.45) is 6.72. The molecule has 1 aliphatic carbocycles. The highest BCUT2D eigenvalue weighted by atomic mass is 16.5. The van der Waals surface area contributed by atoms with Crippen molar-refractivity contribution in [3.8, 4) is 5.75 Å². The highest BCUT2D eigenvalue weighted by Crippen LogP contribution is 2.42. The zero-order chi connectivity index (χ0) is 20.7. The largest absolute Gasteiger partial charge is 0.494 e. The predicted octanol–water partition coefficient (Wildman–Crippen LogP) is 4.72. The third-order valence-corrected chi connectivity index (χ3v) is 6.29. The SMILES string of the molecule is CCCOC(C)(C(=O)Nc1ccc(OCCCN2CCC(C)CC2)cc1)C1CC1. The molecule has 2 fully saturated rings. The Morgan fingerprint density at radius 3 is 2.45 bits per heavy atom. The molecule has 162 valence electrons. The second-order valence-corrected chi connectivity index (χ2v) is 8.93. The lowest BCUT2D eigenvalue weighted by atomic mass is 9.98. The molecule has 1 saturated carbocycles. The van der Waals surface area contributed by atoms with Gasteiger partial charge >= 0.3 is 0 Å². The number of likely N-dealkylation sites (tertiary alicyclic amines) is 1. The van der Waals surface area contributed by atoms with Gasteiger partial charge in [-0.3, -0.25) is 4.79 Å². The third kappa shape index (κ3) is 6.45. The van der Waals surface area contributed by atoms with Gasteiger partial charge in [-0.2, -0.15) is 0 Å². The average molecular weight is 403 g/mol. The van der Waals surface area contributed by atoms with Gasteiger partial charge in [0.2, 0.25) is 0 Å². The summed E-state index contributed by atoms with van der Waals surface area (Å²) in [5.74, 6) is 2.02. The summed E-state index contributed by atoms with van der Waals surface area (Å²) in [7, 11) is 0. The lowest BCUT2D eigenvalue weighted by molar-refractivity contribution is -0.142. The van der Waals surface area contributed by atoms with Crippen LogP contribution in [0.4, 0.5) is 5.69 Å². The van der Waals surface area contributed by atoms with E-state index in [-0.39, 0.29) is 5.91 Å². The number of rotatable bonds is 11. The minimum Gasteiger partial charge on any atom is -0.494 e. The molecule has 1 heterocycles. The highest BCUT2D eigenvalue weighted by molar-refractivity contribution is 5.97. The Bertz CT molecular complexity index is 636. The fraction of sp³-hybridized carbons (Fsp3) is 0.708. The van der Waals surface area contributed by atoms with E-state index in [1.807, 2.05) is 31.2 Å². The van der Waals surface area contributed by atoms with E-state index in [0.29, 0.717) is 12.5 Å². The van der Waals surface area contributed by atoms with Gasteiger partial charge < -0.3 is 19.7 Å². The number of nitrogens with one attached hydrogen (secondary N) is 1. The van der Waals surface area contributed by atoms with E-state index in [2.05, 4.69) is 24.1 Å². The molecule has 0 spiro atoms. The maximum Gasteiger partial charge on any atom is 0.256 e. The molecule has 0 bridgehead atoms. The van der Waals surface area contributed by atoms with Gasteiger partial charge in [-0.25, -0.2) is 0 Å². The van der Waals surface area contributed by atoms with Crippen LogP contribution in [0.3, 0.4) is 0 Å². The minimum atomic E-state index is -0.725. The van der Waals surface area contributed by atoms with Gasteiger partial charge in [0.15, 0.2) is 0 Å². The Labute approximate surface area is 176 Å². The van der Waals surface area contributed by atoms with Crippen molar-refractivity contribution in [3.63, 3.8) is 0 Å². The number of carbonyl (C=O) groups is 1. The first-order valence-electron chi connectivity index (χ1n) is 11.4. The fourth-order valence-corrected chi connectivity index (χ4v) is 3.97. The zero-order valence-electron chi connectivity index (χ0n) is 18.4. The summed E-state index contributed by atoms with van der Waals surface area (Å²) in [5.41, 5.74) is 0.0639. The molecule has 1 amide bonds. The van der Waals surface area contributed by atoms with Crippen LogP contribution in [0.15, 0.2) is 24.3 Å². The molecule has 0 aromatic heterocycles. The summed E-state index contributed by atoms with van der Waals surface area (Å²) < 4.78 is 11.8. The first-order valence-corrected chi connectivity index (χ1v) is 11.4. The van der Waals surface area contributed by atoms with Crippen LogP contribution in [0.2, 0.25) is 0 Å². The van der Waals surface area contributed by atoms with Gasteiger partial charge in [0.25, 0.3) is 5.91 Å². The number of anilines is 1. The number of amides is 1. The number of piperidine rings is 1. The monoisotopic (exact) mass is 402 g/mol. The summed E-state index contributed by atoms with van der Waals surface area (Å²) in [4.78, 5) is 15.4. The Morgan fingerprint density at radius 1 is 1.14 bits per heavy atom. The standard InChI is InChI=1S/C24H38N2O3/c1-4-17-29-24(3,20-6-7-20)23(27)25-21-8-10-22(11-9-21)28-18-5-14-26-15-12-19(2)13-16-26/h8-11,19-20H,4-7,12-18H2,1-3H3,(H,25,27). The van der Waals surface area contributed by atoms with E-state index in [1.54, 1.807) is 0 Å². The van der Waals surface area contributed by atoms with Crippen LogP contribution < -0.4 is 10.1 Å². The molecule has 1 saturated heterocycles. The molecule has 1 N–H and O–H groups in total. The van der Waals surface area contributed by atoms with Crippen molar-refractivity contribution in [3.05, 3.63) is 24.3 Å². The summed E-state index contributed by atoms with van der Waals surface area (Å²) in [6, 6.07) is 7.68. The van der Waals surface area contributed by atoms with E-state index < -0.39 is 5.60 Å². The summed E-state index contributed by atoms with van der Waals surface area (Å²) >= 11 is 0. The summed E-state index contributed by atoms with van der Waals surface area (Å²) in [6.45, 7) is 11.2. The number of ether oxygens (including phenoxy) is 2. The quantitative estimate of drug-likeness (QED) is 0.544. The number of hydrogen-bond acceptors (Lipinski definition) is 4. The molecule has 0 radical (unpaired) electrons. The number of benzene rings is 1. The Balaban J connectivity index is 1.40. The lowest BCUT2D eigenvalue weighted by Gasteiger charge is -2.30. The maximum atomic E-state index is 12.8. The second-order valence-electron chi connectivity index (χ2n) is 8.93. The van der Waals surface area contributed by atoms with Gasteiger partial charge in [-0.15, -0.1) is 0 Å². The van der Waals surface area contributed by atoms with E-state index in [4.69, 9.17) is 9.47 Å². The Morgan fingerprint density at radius 2 is 1.83 bits per heavy atom. The average Bonchev–Trinajstić information content (AvgIpc) is 3.58. The van der Waals surface area contributed by atoms with Crippen molar-refractivity contribution in [2.24, 2.45) is 11.8 Å². The van der Waals surface area contributed by atoms with Crippen molar-refractivity contribution >= 4 is 11.6 Å². The van der Waals surface area contributed by atoms with E-state index in [1.165, 1.54) is 25.9 Å². The summed E-state index contributed by atoms with van der Waals surface area (Å²) in [5, 5.41) is 3.03. The van der Waals surface area contributed by atoms with Gasteiger partial charge in [0.05, 0.1) is 6.61 Å². The minimum absolute atomic E-state index is 0.0435. The molecule has 5 nitrogen and oxygen atoms in total. The first-order chi connectivity index (χ1) is 14.0. The van der Waals surface area contributed by atoms with Crippen LogP contribution in [-0.2, 0) is 9.53 Å². The van der Waals surface area contributed by atoms with Gasteiger partial charge in [-0.05, 0) is 94.6 Å². The first kappa shape index (κ1) is 22.1. The van der Waals surface area contributed by atoms with Crippen LogP contribution in [0.1, 0.15) is 59.3 Å². The van der Waals surface area contributed by atoms with Crippen molar-refractivity contribution in [2.45, 2.75) is 64.9 Å². The molecule has 2 aliphatic rings. The number of carbonyl (C=O) groups excluding carboxylic acids is 1. The van der Waals surface area contributed by atoms with Crippen molar-refractivity contribution in [2.75, 3.05) is 38.2 Å². The molecule has 1 unspecified atom stereocenters. The smallest absolute Gasteiger partial charge is 0.256 e. The fourth-order valence-electron chi connectivity index (χ4n) is 3.97. The molecule has 1 aromatic carbocycles. The Kier molecular flexibility index (Phi) is 7.96. The lowest BCUT2D eigenvalue weighted by Crippen LogP contribution is -2.45. The van der Waals surface area contributed by atoms with E-state index >= 15 is 0 Å². The van der Waals surface area contributed by atoms with Crippen molar-refractivity contribution in [1.29, 1.82) is 0 Å². The van der Waals surface area contributed by atoms with Crippen molar-refractivity contribution in [1.82, 2.24) is 4.90 Å². The molecule has 1 atom stereocenters.